The molecule has 0 aliphatic carbocycles. The van der Waals surface area contributed by atoms with Gasteiger partial charge in [0.15, 0.2) is 0 Å². The average Bonchev–Trinajstić information content (AvgIpc) is 2.43. The monoisotopic (exact) mass is 333 g/mol. The zero-order chi connectivity index (χ0) is 14.4. The van der Waals surface area contributed by atoms with Crippen LogP contribution < -0.4 is 10.5 Å². The van der Waals surface area contributed by atoms with E-state index in [0.717, 1.165) is 27.9 Å². The maximum atomic E-state index is 5.81. The lowest BCUT2D eigenvalue weighted by Gasteiger charge is -2.08. The molecule has 2 rings (SSSR count). The van der Waals surface area contributed by atoms with E-state index < -0.39 is 0 Å². The summed E-state index contributed by atoms with van der Waals surface area (Å²) in [5.41, 5.74) is 8.98. The van der Waals surface area contributed by atoms with Crippen LogP contribution in [0.4, 0.5) is 5.69 Å². The highest BCUT2D eigenvalue weighted by Gasteiger charge is 2.00. The largest absolute Gasteiger partial charge is 0.489 e. The van der Waals surface area contributed by atoms with Crippen LogP contribution >= 0.6 is 15.9 Å². The SMILES string of the molecule is CCCCc1ccc(OCc2cc(N)cc(Br)c2)cc1. The number of halogens is 1. The molecule has 106 valence electrons. The first-order valence-electron chi connectivity index (χ1n) is 6.94. The Labute approximate surface area is 129 Å². The predicted molar refractivity (Wildman–Crippen MR) is 87.9 cm³/mol. The Bertz CT molecular complexity index is 531. The van der Waals surface area contributed by atoms with E-state index in [9.17, 15) is 0 Å². The first kappa shape index (κ1) is 14.9. The molecule has 0 fully saturated rings. The number of benzene rings is 2. The highest BCUT2D eigenvalue weighted by molar-refractivity contribution is 9.10. The molecule has 0 unspecified atom stereocenters. The van der Waals surface area contributed by atoms with Crippen molar-refractivity contribution in [3.63, 3.8) is 0 Å². The summed E-state index contributed by atoms with van der Waals surface area (Å²) in [7, 11) is 0. The van der Waals surface area contributed by atoms with E-state index in [1.165, 1.54) is 18.4 Å². The molecule has 2 aromatic rings. The molecule has 0 spiro atoms. The molecule has 2 aromatic carbocycles. The van der Waals surface area contributed by atoms with Crippen LogP contribution in [0.2, 0.25) is 0 Å². The van der Waals surface area contributed by atoms with Crippen LogP contribution in [0.25, 0.3) is 0 Å². The Morgan fingerprint density at radius 2 is 1.80 bits per heavy atom. The highest BCUT2D eigenvalue weighted by atomic mass is 79.9. The molecule has 0 atom stereocenters. The number of ether oxygens (including phenoxy) is 1. The van der Waals surface area contributed by atoms with Gasteiger partial charge >= 0.3 is 0 Å². The Morgan fingerprint density at radius 1 is 1.05 bits per heavy atom. The van der Waals surface area contributed by atoms with Crippen molar-refractivity contribution in [1.82, 2.24) is 0 Å². The fourth-order valence-corrected chi connectivity index (χ4v) is 2.62. The summed E-state index contributed by atoms with van der Waals surface area (Å²) >= 11 is 3.44. The Morgan fingerprint density at radius 3 is 2.45 bits per heavy atom. The Kier molecular flexibility index (Phi) is 5.48. The Balaban J connectivity index is 1.93. The molecule has 0 saturated heterocycles. The number of unbranched alkanes of at least 4 members (excludes halogenated alkanes) is 1. The van der Waals surface area contributed by atoms with Crippen LogP contribution in [-0.4, -0.2) is 0 Å². The van der Waals surface area contributed by atoms with Crippen LogP contribution in [0.15, 0.2) is 46.9 Å². The number of nitrogen functional groups attached to an aromatic ring is 1. The van der Waals surface area contributed by atoms with Crippen molar-refractivity contribution < 1.29 is 4.74 Å². The molecule has 0 amide bonds. The first-order chi connectivity index (χ1) is 9.67. The zero-order valence-electron chi connectivity index (χ0n) is 11.7. The van der Waals surface area contributed by atoms with Crippen molar-refractivity contribution >= 4 is 21.6 Å². The van der Waals surface area contributed by atoms with Crippen LogP contribution in [0.1, 0.15) is 30.9 Å². The summed E-state index contributed by atoms with van der Waals surface area (Å²) in [6.45, 7) is 2.74. The van der Waals surface area contributed by atoms with Crippen molar-refractivity contribution in [3.8, 4) is 5.75 Å². The minimum absolute atomic E-state index is 0.526. The summed E-state index contributed by atoms with van der Waals surface area (Å²) in [5.74, 6) is 0.892. The van der Waals surface area contributed by atoms with Gasteiger partial charge in [-0.15, -0.1) is 0 Å². The number of nitrogens with two attached hydrogens (primary N) is 1. The van der Waals surface area contributed by atoms with Gasteiger partial charge in [0.25, 0.3) is 0 Å². The lowest BCUT2D eigenvalue weighted by atomic mass is 10.1. The molecule has 0 aliphatic heterocycles. The molecule has 2 nitrogen and oxygen atoms in total. The summed E-state index contributed by atoms with van der Waals surface area (Å²) < 4.78 is 6.76. The normalized spacial score (nSPS) is 10.5. The van der Waals surface area contributed by atoms with E-state index in [4.69, 9.17) is 10.5 Å². The van der Waals surface area contributed by atoms with Crippen molar-refractivity contribution in [3.05, 3.63) is 58.1 Å². The van der Waals surface area contributed by atoms with Crippen molar-refractivity contribution in [2.75, 3.05) is 5.73 Å². The first-order valence-corrected chi connectivity index (χ1v) is 7.73. The molecule has 0 bridgehead atoms. The fraction of sp³-hybridized carbons (Fsp3) is 0.294. The molecule has 0 heterocycles. The molecular weight excluding hydrogens is 314 g/mol. The molecule has 0 aromatic heterocycles. The molecule has 0 radical (unpaired) electrons. The fourth-order valence-electron chi connectivity index (χ4n) is 2.06. The van der Waals surface area contributed by atoms with E-state index in [1.54, 1.807) is 0 Å². The minimum atomic E-state index is 0.526. The topological polar surface area (TPSA) is 35.2 Å². The number of hydrogen-bond donors (Lipinski definition) is 1. The number of anilines is 1. The van der Waals surface area contributed by atoms with Gasteiger partial charge in [0.05, 0.1) is 0 Å². The van der Waals surface area contributed by atoms with Gasteiger partial charge in [-0.1, -0.05) is 41.4 Å². The molecule has 3 heteroatoms. The maximum absolute atomic E-state index is 5.81. The minimum Gasteiger partial charge on any atom is -0.489 e. The number of hydrogen-bond acceptors (Lipinski definition) is 2. The standard InChI is InChI=1S/C17H20BrNO/c1-2-3-4-13-5-7-17(8-6-13)20-12-14-9-15(18)11-16(19)10-14/h5-11H,2-4,12,19H2,1H3. The molecule has 0 saturated carbocycles. The van der Waals surface area contributed by atoms with E-state index in [0.29, 0.717) is 6.61 Å². The van der Waals surface area contributed by atoms with Crippen LogP contribution in [0, 0.1) is 0 Å². The van der Waals surface area contributed by atoms with E-state index in [-0.39, 0.29) is 0 Å². The number of rotatable bonds is 6. The third kappa shape index (κ3) is 4.57. The lowest BCUT2D eigenvalue weighted by molar-refractivity contribution is 0.306. The van der Waals surface area contributed by atoms with Crippen LogP contribution in [0.5, 0.6) is 5.75 Å². The van der Waals surface area contributed by atoms with Crippen molar-refractivity contribution in [2.45, 2.75) is 32.8 Å². The number of aryl methyl sites for hydroxylation is 1. The van der Waals surface area contributed by atoms with Gasteiger partial charge in [0.1, 0.15) is 12.4 Å². The zero-order valence-corrected chi connectivity index (χ0v) is 13.3. The summed E-state index contributed by atoms with van der Waals surface area (Å²) in [6, 6.07) is 14.2. The molecule has 2 N–H and O–H groups in total. The Hall–Kier alpha value is -1.48. The van der Waals surface area contributed by atoms with Crippen molar-refractivity contribution in [2.24, 2.45) is 0 Å². The highest BCUT2D eigenvalue weighted by Crippen LogP contribution is 2.20. The second-order valence-corrected chi connectivity index (χ2v) is 5.84. The lowest BCUT2D eigenvalue weighted by Crippen LogP contribution is -1.97. The third-order valence-electron chi connectivity index (χ3n) is 3.13. The smallest absolute Gasteiger partial charge is 0.119 e. The molecule has 20 heavy (non-hydrogen) atoms. The second-order valence-electron chi connectivity index (χ2n) is 4.93. The van der Waals surface area contributed by atoms with Gasteiger partial charge < -0.3 is 10.5 Å². The third-order valence-corrected chi connectivity index (χ3v) is 3.59. The van der Waals surface area contributed by atoms with Gasteiger partial charge in [-0.2, -0.15) is 0 Å². The second kappa shape index (κ2) is 7.34. The van der Waals surface area contributed by atoms with Crippen molar-refractivity contribution in [1.29, 1.82) is 0 Å². The van der Waals surface area contributed by atoms with E-state index in [1.807, 2.05) is 30.3 Å². The van der Waals surface area contributed by atoms with E-state index >= 15 is 0 Å². The summed E-state index contributed by atoms with van der Waals surface area (Å²) in [4.78, 5) is 0. The summed E-state index contributed by atoms with van der Waals surface area (Å²) in [5, 5.41) is 0. The van der Waals surface area contributed by atoms with Gasteiger partial charge in [-0.25, -0.2) is 0 Å². The molecular formula is C17H20BrNO. The maximum Gasteiger partial charge on any atom is 0.119 e. The van der Waals surface area contributed by atoms with Gasteiger partial charge in [-0.3, -0.25) is 0 Å². The van der Waals surface area contributed by atoms with Crippen LogP contribution in [-0.2, 0) is 13.0 Å². The quantitative estimate of drug-likeness (QED) is 0.759. The summed E-state index contributed by atoms with van der Waals surface area (Å²) in [6.07, 6.45) is 3.60. The molecule has 0 aliphatic rings. The van der Waals surface area contributed by atoms with Gasteiger partial charge in [0.2, 0.25) is 0 Å². The average molecular weight is 334 g/mol. The van der Waals surface area contributed by atoms with Gasteiger partial charge in [0, 0.05) is 10.2 Å². The van der Waals surface area contributed by atoms with Crippen LogP contribution in [0.3, 0.4) is 0 Å². The predicted octanol–water partition coefficient (Wildman–Crippen LogP) is 4.95. The van der Waals surface area contributed by atoms with E-state index in [2.05, 4.69) is 35.0 Å². The van der Waals surface area contributed by atoms with Gasteiger partial charge in [-0.05, 0) is 54.3 Å².